The van der Waals surface area contributed by atoms with Crippen LogP contribution < -0.4 is 11.0 Å². The zero-order valence-corrected chi connectivity index (χ0v) is 13.5. The summed E-state index contributed by atoms with van der Waals surface area (Å²) in [6.45, 7) is 10.3. The van der Waals surface area contributed by atoms with Crippen molar-refractivity contribution < 1.29 is 9.05 Å². The van der Waals surface area contributed by atoms with Gasteiger partial charge < -0.3 is 0 Å². The van der Waals surface area contributed by atoms with Gasteiger partial charge in [0.2, 0.25) is 0 Å². The van der Waals surface area contributed by atoms with Crippen molar-refractivity contribution in [2.24, 2.45) is 0 Å². The lowest BCUT2D eigenvalue weighted by Gasteiger charge is -2.18. The molecule has 0 unspecified atom stereocenters. The number of nitrogens with one attached hydrogen (secondary N) is 2. The molecule has 2 N–H and O–H groups in total. The fourth-order valence-electron chi connectivity index (χ4n) is 1.39. The Morgan fingerprint density at radius 2 is 1.39 bits per heavy atom. The minimum absolute atomic E-state index is 0.971. The molecule has 0 rings (SSSR count). The van der Waals surface area contributed by atoms with Crippen LogP contribution in [0.5, 0.6) is 0 Å². The molecular formula is C13H28N2O2Si. The summed E-state index contributed by atoms with van der Waals surface area (Å²) in [5.74, 6) is 0. The number of hydroxylamine groups is 2. The standard InChI is InChI=1S/C13H28N2O2Si/c1-6-9-12(4)14-16-18(11-8-3)17-15-13(5)10-7-2/h9-10,14-15,18H,6-8,11H2,1-5H3. The van der Waals surface area contributed by atoms with E-state index in [1.807, 2.05) is 13.8 Å². The summed E-state index contributed by atoms with van der Waals surface area (Å²) in [5.41, 5.74) is 8.00. The molecular weight excluding hydrogens is 244 g/mol. The Labute approximate surface area is 113 Å². The van der Waals surface area contributed by atoms with Crippen LogP contribution in [0.1, 0.15) is 53.9 Å². The van der Waals surface area contributed by atoms with Gasteiger partial charge >= 0.3 is 9.28 Å². The van der Waals surface area contributed by atoms with Crippen LogP contribution in [0, 0.1) is 0 Å². The summed E-state index contributed by atoms with van der Waals surface area (Å²) in [6, 6.07) is 0.971. The van der Waals surface area contributed by atoms with Crippen LogP contribution in [0.2, 0.25) is 6.04 Å². The molecule has 0 aliphatic carbocycles. The van der Waals surface area contributed by atoms with Gasteiger partial charge in [-0.15, -0.1) is 0 Å². The first-order chi connectivity index (χ1) is 8.63. The molecule has 0 radical (unpaired) electrons. The first-order valence-electron chi connectivity index (χ1n) is 6.80. The van der Waals surface area contributed by atoms with Gasteiger partial charge in [-0.05, 0) is 32.7 Å². The van der Waals surface area contributed by atoms with Gasteiger partial charge in [0.15, 0.2) is 0 Å². The molecule has 0 bridgehead atoms. The average molecular weight is 272 g/mol. The van der Waals surface area contributed by atoms with E-state index in [2.05, 4.69) is 43.9 Å². The quantitative estimate of drug-likeness (QED) is 0.473. The molecule has 0 amide bonds. The van der Waals surface area contributed by atoms with Crippen LogP contribution in [0.25, 0.3) is 0 Å². The second-order valence-electron chi connectivity index (χ2n) is 4.25. The molecule has 0 aliphatic heterocycles. The van der Waals surface area contributed by atoms with Crippen molar-refractivity contribution in [1.82, 2.24) is 11.0 Å². The monoisotopic (exact) mass is 272 g/mol. The van der Waals surface area contributed by atoms with E-state index in [1.165, 1.54) is 0 Å². The number of allylic oxidation sites excluding steroid dienone is 4. The Hall–Kier alpha value is -0.783. The summed E-state index contributed by atoms with van der Waals surface area (Å²) < 4.78 is 11.3. The second kappa shape index (κ2) is 11.3. The Morgan fingerprint density at radius 1 is 0.944 bits per heavy atom. The van der Waals surface area contributed by atoms with E-state index in [1.54, 1.807) is 0 Å². The summed E-state index contributed by atoms with van der Waals surface area (Å²) in [7, 11) is -1.70. The fourth-order valence-corrected chi connectivity index (χ4v) is 2.78. The molecule has 4 nitrogen and oxygen atoms in total. The Balaban J connectivity index is 4.06. The molecule has 18 heavy (non-hydrogen) atoms. The van der Waals surface area contributed by atoms with Crippen LogP contribution in [0.4, 0.5) is 0 Å². The van der Waals surface area contributed by atoms with Crippen molar-refractivity contribution in [3.8, 4) is 0 Å². The molecule has 0 aromatic carbocycles. The van der Waals surface area contributed by atoms with Crippen molar-refractivity contribution in [3.05, 3.63) is 23.5 Å². The van der Waals surface area contributed by atoms with E-state index in [9.17, 15) is 0 Å². The smallest absolute Gasteiger partial charge is 0.290 e. The van der Waals surface area contributed by atoms with Crippen LogP contribution in [0.3, 0.4) is 0 Å². The minimum Gasteiger partial charge on any atom is -0.290 e. The molecule has 0 saturated heterocycles. The van der Waals surface area contributed by atoms with E-state index in [0.29, 0.717) is 0 Å². The van der Waals surface area contributed by atoms with E-state index >= 15 is 0 Å². The van der Waals surface area contributed by atoms with Crippen LogP contribution in [0.15, 0.2) is 23.5 Å². The van der Waals surface area contributed by atoms with E-state index in [4.69, 9.17) is 9.05 Å². The Morgan fingerprint density at radius 3 is 1.72 bits per heavy atom. The zero-order chi connectivity index (χ0) is 13.8. The predicted molar refractivity (Wildman–Crippen MR) is 78.8 cm³/mol. The third kappa shape index (κ3) is 9.27. The molecule has 0 spiro atoms. The van der Waals surface area contributed by atoms with Gasteiger partial charge in [-0.25, -0.2) is 0 Å². The van der Waals surface area contributed by atoms with Gasteiger partial charge in [-0.2, -0.15) is 0 Å². The number of hydrogen-bond acceptors (Lipinski definition) is 4. The zero-order valence-electron chi connectivity index (χ0n) is 12.4. The summed E-state index contributed by atoms with van der Waals surface area (Å²) in [5, 5.41) is 0. The van der Waals surface area contributed by atoms with Gasteiger partial charge in [0, 0.05) is 11.4 Å². The molecule has 106 valence electrons. The summed E-state index contributed by atoms with van der Waals surface area (Å²) in [4.78, 5) is 0. The first kappa shape index (κ1) is 17.2. The fraction of sp³-hybridized carbons (Fsp3) is 0.692. The predicted octanol–water partition coefficient (Wildman–Crippen LogP) is 3.29. The highest BCUT2D eigenvalue weighted by Crippen LogP contribution is 2.01. The largest absolute Gasteiger partial charge is 0.376 e. The Kier molecular flexibility index (Phi) is 10.8. The third-order valence-corrected chi connectivity index (χ3v) is 4.06. The number of hydrogen-bond donors (Lipinski definition) is 2. The SMILES string of the molecule is CCC=C(C)NO[SiH](CCC)ONC(C)=CCC. The molecule has 0 aromatic rings. The minimum atomic E-state index is -1.70. The second-order valence-corrected chi connectivity index (χ2v) is 6.16. The van der Waals surface area contributed by atoms with Gasteiger partial charge in [0.25, 0.3) is 0 Å². The highest BCUT2D eigenvalue weighted by atomic mass is 28.3. The van der Waals surface area contributed by atoms with Crippen LogP contribution in [-0.4, -0.2) is 9.28 Å². The molecule has 0 heterocycles. The first-order valence-corrected chi connectivity index (χ1v) is 8.56. The average Bonchev–Trinajstić information content (AvgIpc) is 2.33. The molecule has 0 fully saturated rings. The van der Waals surface area contributed by atoms with Gasteiger partial charge in [0.1, 0.15) is 0 Å². The topological polar surface area (TPSA) is 42.5 Å². The highest BCUT2D eigenvalue weighted by molar-refractivity contribution is 6.44. The lowest BCUT2D eigenvalue weighted by atomic mass is 10.4. The number of rotatable bonds is 10. The third-order valence-electron chi connectivity index (χ3n) is 2.25. The Bertz CT molecular complexity index is 244. The maximum absolute atomic E-state index is 5.63. The van der Waals surface area contributed by atoms with Crippen molar-refractivity contribution in [1.29, 1.82) is 0 Å². The van der Waals surface area contributed by atoms with Crippen molar-refractivity contribution in [2.75, 3.05) is 0 Å². The van der Waals surface area contributed by atoms with Gasteiger partial charge in [-0.1, -0.05) is 39.3 Å². The lowest BCUT2D eigenvalue weighted by molar-refractivity contribution is 0.112. The van der Waals surface area contributed by atoms with E-state index < -0.39 is 9.28 Å². The van der Waals surface area contributed by atoms with Crippen molar-refractivity contribution >= 4 is 9.28 Å². The lowest BCUT2D eigenvalue weighted by Crippen LogP contribution is -2.34. The maximum atomic E-state index is 5.63. The van der Waals surface area contributed by atoms with E-state index in [-0.39, 0.29) is 0 Å². The molecule has 0 aromatic heterocycles. The molecule has 0 saturated carbocycles. The molecule has 0 aliphatic rings. The van der Waals surface area contributed by atoms with Crippen LogP contribution >= 0.6 is 0 Å². The highest BCUT2D eigenvalue weighted by Gasteiger charge is 2.13. The van der Waals surface area contributed by atoms with Gasteiger partial charge in [0.05, 0.1) is 0 Å². The van der Waals surface area contributed by atoms with Crippen molar-refractivity contribution in [2.45, 2.75) is 59.9 Å². The maximum Gasteiger partial charge on any atom is 0.376 e. The molecule has 5 heteroatoms. The molecule has 0 atom stereocenters. The summed E-state index contributed by atoms with van der Waals surface area (Å²) in [6.07, 6.45) is 7.24. The van der Waals surface area contributed by atoms with E-state index in [0.717, 1.165) is 36.7 Å². The normalized spacial score (nSPS) is 14.5. The van der Waals surface area contributed by atoms with Crippen LogP contribution in [-0.2, 0) is 9.05 Å². The summed E-state index contributed by atoms with van der Waals surface area (Å²) >= 11 is 0. The van der Waals surface area contributed by atoms with Crippen molar-refractivity contribution in [3.63, 3.8) is 0 Å². The van der Waals surface area contributed by atoms with Gasteiger partial charge in [-0.3, -0.25) is 20.0 Å².